The maximum atomic E-state index is 13.4. The van der Waals surface area contributed by atoms with E-state index in [1.54, 1.807) is 39.9 Å². The molecule has 0 aliphatic rings. The zero-order chi connectivity index (χ0) is 22.9. The van der Waals surface area contributed by atoms with Crippen LogP contribution < -0.4 is 16.1 Å². The summed E-state index contributed by atoms with van der Waals surface area (Å²) >= 11 is 0. The Balaban J connectivity index is 2.50. The largest absolute Gasteiger partial charge is 0.467 e. The smallest absolute Gasteiger partial charge is 0.415 e. The fourth-order valence-electron chi connectivity index (χ4n) is 2.61. The highest BCUT2D eigenvalue weighted by Gasteiger charge is 2.44. The molecule has 30 heavy (non-hydrogen) atoms. The lowest BCUT2D eigenvalue weighted by Crippen LogP contribution is -2.44. The summed E-state index contributed by atoms with van der Waals surface area (Å²) < 4.78 is 46.5. The average molecular weight is 427 g/mol. The van der Waals surface area contributed by atoms with E-state index in [9.17, 15) is 27.6 Å². The van der Waals surface area contributed by atoms with Crippen molar-refractivity contribution in [1.82, 2.24) is 15.2 Å². The third kappa shape index (κ3) is 5.52. The first-order valence-electron chi connectivity index (χ1n) is 9.20. The van der Waals surface area contributed by atoms with Gasteiger partial charge >= 0.3 is 6.18 Å². The first kappa shape index (κ1) is 23.2. The fraction of sp³-hybridized carbons (Fsp3) is 0.450. The molecule has 2 aromatic rings. The van der Waals surface area contributed by atoms with Crippen molar-refractivity contribution >= 4 is 11.8 Å². The van der Waals surface area contributed by atoms with E-state index in [0.717, 1.165) is 18.5 Å². The SMILES string of the molecule is CC(C)n1cc(C(=O)N[C@@H](c2ccco2)C(F)(F)F)c(=O)c(C(=O)NC(C)(C)C)c1. The number of hydrogen-bond acceptors (Lipinski definition) is 4. The quantitative estimate of drug-likeness (QED) is 0.763. The molecule has 2 rings (SSSR count). The summed E-state index contributed by atoms with van der Waals surface area (Å²) in [4.78, 5) is 38.0. The van der Waals surface area contributed by atoms with Crippen molar-refractivity contribution in [1.29, 1.82) is 0 Å². The van der Waals surface area contributed by atoms with Gasteiger partial charge in [0, 0.05) is 24.0 Å². The van der Waals surface area contributed by atoms with Gasteiger partial charge in [-0.15, -0.1) is 0 Å². The Labute approximate surface area is 171 Å². The second-order valence-electron chi connectivity index (χ2n) is 8.12. The molecule has 0 aromatic carbocycles. The van der Waals surface area contributed by atoms with Crippen molar-refractivity contribution in [2.45, 2.75) is 58.4 Å². The number of amides is 2. The Kier molecular flexibility index (Phi) is 6.48. The number of aromatic nitrogens is 1. The van der Waals surface area contributed by atoms with Crippen LogP contribution in [0.1, 0.15) is 73.2 Å². The molecular formula is C20H24F3N3O4. The summed E-state index contributed by atoms with van der Waals surface area (Å²) in [6.07, 6.45) is -1.40. The molecule has 2 heterocycles. The van der Waals surface area contributed by atoms with Gasteiger partial charge in [-0.05, 0) is 46.8 Å². The third-order valence-electron chi connectivity index (χ3n) is 4.05. The molecule has 0 radical (unpaired) electrons. The maximum Gasteiger partial charge on any atom is 0.415 e. The molecule has 0 bridgehead atoms. The number of alkyl halides is 3. The van der Waals surface area contributed by atoms with E-state index < -0.39 is 46.3 Å². The Morgan fingerprint density at radius 3 is 2.07 bits per heavy atom. The van der Waals surface area contributed by atoms with Crippen LogP contribution in [0.3, 0.4) is 0 Å². The van der Waals surface area contributed by atoms with E-state index in [1.807, 2.05) is 0 Å². The van der Waals surface area contributed by atoms with Crippen molar-refractivity contribution in [3.05, 3.63) is 57.9 Å². The minimum Gasteiger partial charge on any atom is -0.467 e. The van der Waals surface area contributed by atoms with Gasteiger partial charge in [-0.25, -0.2) is 0 Å². The Hall–Kier alpha value is -3.04. The summed E-state index contributed by atoms with van der Waals surface area (Å²) in [6, 6.07) is -0.387. The van der Waals surface area contributed by atoms with Crippen LogP contribution in [-0.4, -0.2) is 28.1 Å². The molecule has 0 spiro atoms. The van der Waals surface area contributed by atoms with Crippen LogP contribution in [0.5, 0.6) is 0 Å². The van der Waals surface area contributed by atoms with Crippen molar-refractivity contribution < 1.29 is 27.2 Å². The standard InChI is InChI=1S/C20H24F3N3O4/c1-11(2)26-9-12(15(27)13(10-26)18(29)25-19(3,4)5)17(28)24-16(20(21,22)23)14-7-6-8-30-14/h6-11,16H,1-5H3,(H,24,28)(H,25,29)/t16-/m0/s1. The highest BCUT2D eigenvalue weighted by Crippen LogP contribution is 2.33. The zero-order valence-electron chi connectivity index (χ0n) is 17.3. The minimum atomic E-state index is -4.86. The van der Waals surface area contributed by atoms with Crippen LogP contribution in [0.4, 0.5) is 13.2 Å². The molecule has 2 amide bonds. The number of carbonyl (C=O) groups excluding carboxylic acids is 2. The predicted molar refractivity (Wildman–Crippen MR) is 103 cm³/mol. The van der Waals surface area contributed by atoms with E-state index in [2.05, 4.69) is 5.32 Å². The lowest BCUT2D eigenvalue weighted by atomic mass is 10.1. The highest BCUT2D eigenvalue weighted by atomic mass is 19.4. The molecule has 0 fully saturated rings. The monoisotopic (exact) mass is 427 g/mol. The van der Waals surface area contributed by atoms with Crippen molar-refractivity contribution in [2.24, 2.45) is 0 Å². The molecule has 2 N–H and O–H groups in total. The van der Waals surface area contributed by atoms with E-state index in [0.29, 0.717) is 0 Å². The summed E-state index contributed by atoms with van der Waals surface area (Å²) in [5, 5.41) is 4.41. The number of nitrogens with zero attached hydrogens (tertiary/aromatic N) is 1. The number of furan rings is 1. The van der Waals surface area contributed by atoms with Crippen LogP contribution in [0.25, 0.3) is 0 Å². The van der Waals surface area contributed by atoms with Crippen LogP contribution in [0.2, 0.25) is 0 Å². The van der Waals surface area contributed by atoms with Crippen LogP contribution in [0, 0.1) is 0 Å². The second-order valence-corrected chi connectivity index (χ2v) is 8.12. The van der Waals surface area contributed by atoms with Gasteiger partial charge < -0.3 is 19.6 Å². The number of nitrogens with one attached hydrogen (secondary N) is 2. The van der Waals surface area contributed by atoms with Crippen molar-refractivity contribution in [2.75, 3.05) is 0 Å². The molecule has 0 saturated carbocycles. The van der Waals surface area contributed by atoms with Gasteiger partial charge in [-0.3, -0.25) is 14.4 Å². The molecular weight excluding hydrogens is 403 g/mol. The highest BCUT2D eigenvalue weighted by molar-refractivity contribution is 5.99. The molecule has 10 heteroatoms. The van der Waals surface area contributed by atoms with Gasteiger partial charge in [0.15, 0.2) is 6.04 Å². The summed E-state index contributed by atoms with van der Waals surface area (Å²) in [5.41, 5.74) is -2.55. The van der Waals surface area contributed by atoms with E-state index in [-0.39, 0.29) is 11.6 Å². The molecule has 7 nitrogen and oxygen atoms in total. The minimum absolute atomic E-state index is 0.262. The second kappa shape index (κ2) is 8.37. The van der Waals surface area contributed by atoms with Gasteiger partial charge in [0.25, 0.3) is 11.8 Å². The molecule has 164 valence electrons. The average Bonchev–Trinajstić information content (AvgIpc) is 3.10. The van der Waals surface area contributed by atoms with Crippen LogP contribution >= 0.6 is 0 Å². The van der Waals surface area contributed by atoms with Crippen molar-refractivity contribution in [3.63, 3.8) is 0 Å². The molecule has 0 aliphatic carbocycles. The zero-order valence-corrected chi connectivity index (χ0v) is 17.3. The van der Waals surface area contributed by atoms with E-state index in [4.69, 9.17) is 4.42 Å². The van der Waals surface area contributed by atoms with Crippen LogP contribution in [0.15, 0.2) is 40.0 Å². The normalized spacial score (nSPS) is 13.2. The molecule has 0 aliphatic heterocycles. The number of rotatable bonds is 5. The van der Waals surface area contributed by atoms with Gasteiger partial charge in [0.05, 0.1) is 6.26 Å². The molecule has 1 atom stereocenters. The maximum absolute atomic E-state index is 13.4. The Bertz CT molecular complexity index is 971. The van der Waals surface area contributed by atoms with Gasteiger partial charge in [0.1, 0.15) is 16.9 Å². The number of hydrogen-bond donors (Lipinski definition) is 2. The fourth-order valence-corrected chi connectivity index (χ4v) is 2.61. The molecule has 2 aromatic heterocycles. The number of pyridine rings is 1. The first-order chi connectivity index (χ1) is 13.7. The van der Waals surface area contributed by atoms with Crippen molar-refractivity contribution in [3.8, 4) is 0 Å². The number of carbonyl (C=O) groups is 2. The van der Waals surface area contributed by atoms with E-state index >= 15 is 0 Å². The lowest BCUT2D eigenvalue weighted by Gasteiger charge is -2.22. The topological polar surface area (TPSA) is 93.3 Å². The van der Waals surface area contributed by atoms with Gasteiger partial charge in [0.2, 0.25) is 5.43 Å². The Morgan fingerprint density at radius 1 is 1.07 bits per heavy atom. The third-order valence-corrected chi connectivity index (χ3v) is 4.05. The van der Waals surface area contributed by atoms with Gasteiger partial charge in [-0.1, -0.05) is 0 Å². The molecule has 0 unspecified atom stereocenters. The molecule has 0 saturated heterocycles. The van der Waals surface area contributed by atoms with Crippen LogP contribution in [-0.2, 0) is 0 Å². The Morgan fingerprint density at radius 2 is 1.63 bits per heavy atom. The predicted octanol–water partition coefficient (Wildman–Crippen LogP) is 3.58. The first-order valence-corrected chi connectivity index (χ1v) is 9.20. The summed E-state index contributed by atoms with van der Waals surface area (Å²) in [6.45, 7) is 8.59. The lowest BCUT2D eigenvalue weighted by molar-refractivity contribution is -0.159. The van der Waals surface area contributed by atoms with Gasteiger partial charge in [-0.2, -0.15) is 13.2 Å². The summed E-state index contributed by atoms with van der Waals surface area (Å²) in [5.74, 6) is -2.52. The van der Waals surface area contributed by atoms with E-state index in [1.165, 1.54) is 16.8 Å². The number of halogens is 3. The summed E-state index contributed by atoms with van der Waals surface area (Å²) in [7, 11) is 0.